The number of nitrogens with one attached hydrogen (secondary N) is 1. The summed E-state index contributed by atoms with van der Waals surface area (Å²) in [4.78, 5) is 17.2. The number of hydrogen-bond donors (Lipinski definition) is 1. The molecule has 0 aliphatic carbocycles. The molecule has 1 unspecified atom stereocenters. The normalized spacial score (nSPS) is 16.4. The molecule has 1 saturated heterocycles. The molecule has 1 aromatic rings. The Morgan fingerprint density at radius 3 is 2.45 bits per heavy atom. The van der Waals surface area contributed by atoms with E-state index in [1.54, 1.807) is 11.3 Å². The zero-order valence-electron chi connectivity index (χ0n) is 12.7. The van der Waals surface area contributed by atoms with Gasteiger partial charge in [0.2, 0.25) is 5.91 Å². The number of carbonyl (C=O) groups excluding carboxylic acids is 1. The first-order valence-electron chi connectivity index (χ1n) is 7.05. The summed E-state index contributed by atoms with van der Waals surface area (Å²) in [5.41, 5.74) is 0. The molecule has 1 aliphatic rings. The zero-order valence-corrected chi connectivity index (χ0v) is 14.3. The minimum atomic E-state index is 0. The number of aryl methyl sites for hydroxylation is 1. The van der Waals surface area contributed by atoms with E-state index in [-0.39, 0.29) is 24.4 Å². The Balaban J connectivity index is 0.00000200. The van der Waals surface area contributed by atoms with Crippen LogP contribution in [-0.4, -0.2) is 29.9 Å². The summed E-state index contributed by atoms with van der Waals surface area (Å²) in [5, 5.41) is 3.25. The van der Waals surface area contributed by atoms with Crippen molar-refractivity contribution in [1.29, 1.82) is 0 Å². The van der Waals surface area contributed by atoms with Gasteiger partial charge in [-0.3, -0.25) is 4.79 Å². The summed E-state index contributed by atoms with van der Waals surface area (Å²) >= 11 is 1.78. The van der Waals surface area contributed by atoms with Gasteiger partial charge in [-0.05, 0) is 51.9 Å². The van der Waals surface area contributed by atoms with Gasteiger partial charge >= 0.3 is 0 Å². The molecule has 0 saturated carbocycles. The molecule has 2 heterocycles. The minimum Gasteiger partial charge on any atom is -0.335 e. The van der Waals surface area contributed by atoms with Crippen LogP contribution in [0.4, 0.5) is 0 Å². The largest absolute Gasteiger partial charge is 0.335 e. The first-order chi connectivity index (χ1) is 8.99. The van der Waals surface area contributed by atoms with Gasteiger partial charge in [0.25, 0.3) is 0 Å². The van der Waals surface area contributed by atoms with Crippen molar-refractivity contribution in [3.8, 4) is 0 Å². The molecule has 1 aliphatic heterocycles. The second-order valence-corrected chi connectivity index (χ2v) is 7.15. The van der Waals surface area contributed by atoms with Crippen LogP contribution in [0.15, 0.2) is 12.1 Å². The average Bonchev–Trinajstić information content (AvgIpc) is 2.68. The van der Waals surface area contributed by atoms with Gasteiger partial charge in [0.05, 0.1) is 6.54 Å². The number of nitrogens with zero attached hydrogens (tertiary/aromatic N) is 1. The molecule has 3 nitrogen and oxygen atoms in total. The molecule has 20 heavy (non-hydrogen) atoms. The SMILES string of the molecule is Cc1ccc(CN(C(=O)C(C)C2CNC2)C(C)C)s1.Cl. The van der Waals surface area contributed by atoms with E-state index in [1.165, 1.54) is 9.75 Å². The smallest absolute Gasteiger partial charge is 0.226 e. The van der Waals surface area contributed by atoms with Gasteiger partial charge in [0, 0.05) is 21.7 Å². The van der Waals surface area contributed by atoms with Crippen molar-refractivity contribution in [1.82, 2.24) is 10.2 Å². The van der Waals surface area contributed by atoms with E-state index < -0.39 is 0 Å². The third kappa shape index (κ3) is 3.96. The highest BCUT2D eigenvalue weighted by atomic mass is 35.5. The van der Waals surface area contributed by atoms with Gasteiger partial charge in [-0.1, -0.05) is 6.92 Å². The van der Waals surface area contributed by atoms with E-state index in [0.717, 1.165) is 19.6 Å². The summed E-state index contributed by atoms with van der Waals surface area (Å²) in [6.45, 7) is 11.1. The van der Waals surface area contributed by atoms with E-state index in [9.17, 15) is 4.79 Å². The fourth-order valence-corrected chi connectivity index (χ4v) is 3.27. The third-order valence-corrected chi connectivity index (χ3v) is 4.92. The van der Waals surface area contributed by atoms with Crippen LogP contribution in [0, 0.1) is 18.8 Å². The van der Waals surface area contributed by atoms with Crippen molar-refractivity contribution >= 4 is 29.7 Å². The molecule has 0 spiro atoms. The van der Waals surface area contributed by atoms with Crippen LogP contribution in [0.5, 0.6) is 0 Å². The maximum absolute atomic E-state index is 12.6. The summed E-state index contributed by atoms with van der Waals surface area (Å²) in [6.07, 6.45) is 0. The molecule has 114 valence electrons. The molecule has 2 rings (SSSR count). The third-order valence-electron chi connectivity index (χ3n) is 3.94. The second kappa shape index (κ2) is 7.43. The number of halogens is 1. The van der Waals surface area contributed by atoms with Crippen LogP contribution >= 0.6 is 23.7 Å². The number of hydrogen-bond acceptors (Lipinski definition) is 3. The molecule has 0 bridgehead atoms. The lowest BCUT2D eigenvalue weighted by Gasteiger charge is -2.36. The van der Waals surface area contributed by atoms with Gasteiger partial charge in [-0.25, -0.2) is 0 Å². The number of rotatable bonds is 5. The molecule has 5 heteroatoms. The molecule has 0 aromatic carbocycles. The average molecular weight is 317 g/mol. The summed E-state index contributed by atoms with van der Waals surface area (Å²) in [5.74, 6) is 0.941. The predicted octanol–water partition coefficient (Wildman–Crippen LogP) is 3.07. The number of thiophene rings is 1. The monoisotopic (exact) mass is 316 g/mol. The highest BCUT2D eigenvalue weighted by Crippen LogP contribution is 2.23. The van der Waals surface area contributed by atoms with Crippen molar-refractivity contribution < 1.29 is 4.79 Å². The molecular weight excluding hydrogens is 292 g/mol. The van der Waals surface area contributed by atoms with E-state index in [0.29, 0.717) is 11.8 Å². The quantitative estimate of drug-likeness (QED) is 0.905. The Hall–Kier alpha value is -0.580. The Morgan fingerprint density at radius 1 is 1.40 bits per heavy atom. The Bertz CT molecular complexity index is 443. The van der Waals surface area contributed by atoms with E-state index in [1.807, 2.05) is 4.90 Å². The van der Waals surface area contributed by atoms with E-state index in [4.69, 9.17) is 0 Å². The summed E-state index contributed by atoms with van der Waals surface area (Å²) < 4.78 is 0. The zero-order chi connectivity index (χ0) is 14.0. The molecular formula is C15H25ClN2OS. The molecule has 0 radical (unpaired) electrons. The van der Waals surface area contributed by atoms with Crippen LogP contribution in [-0.2, 0) is 11.3 Å². The van der Waals surface area contributed by atoms with Crippen LogP contribution < -0.4 is 5.32 Å². The number of amides is 1. The molecule has 1 aromatic heterocycles. The molecule has 1 N–H and O–H groups in total. The van der Waals surface area contributed by atoms with Gasteiger partial charge in [0.1, 0.15) is 0 Å². The lowest BCUT2D eigenvalue weighted by atomic mass is 9.87. The maximum atomic E-state index is 12.6. The lowest BCUT2D eigenvalue weighted by Crippen LogP contribution is -2.51. The van der Waals surface area contributed by atoms with E-state index >= 15 is 0 Å². The number of carbonyl (C=O) groups is 1. The van der Waals surface area contributed by atoms with Crippen LogP contribution in [0.2, 0.25) is 0 Å². The van der Waals surface area contributed by atoms with E-state index in [2.05, 4.69) is 45.1 Å². The second-order valence-electron chi connectivity index (χ2n) is 5.78. The van der Waals surface area contributed by atoms with Crippen LogP contribution in [0.3, 0.4) is 0 Å². The van der Waals surface area contributed by atoms with Gasteiger partial charge in [0.15, 0.2) is 0 Å². The first kappa shape index (κ1) is 17.5. The first-order valence-corrected chi connectivity index (χ1v) is 7.87. The molecule has 1 fully saturated rings. The predicted molar refractivity (Wildman–Crippen MR) is 87.5 cm³/mol. The topological polar surface area (TPSA) is 32.3 Å². The summed E-state index contributed by atoms with van der Waals surface area (Å²) in [6, 6.07) is 4.52. The Morgan fingerprint density at radius 2 is 2.05 bits per heavy atom. The minimum absolute atomic E-state index is 0. The van der Waals surface area contributed by atoms with Crippen LogP contribution in [0.25, 0.3) is 0 Å². The molecule has 1 atom stereocenters. The molecule has 1 amide bonds. The highest BCUT2D eigenvalue weighted by molar-refractivity contribution is 7.11. The Labute approximate surface area is 132 Å². The van der Waals surface area contributed by atoms with Gasteiger partial charge in [-0.15, -0.1) is 23.7 Å². The summed E-state index contributed by atoms with van der Waals surface area (Å²) in [7, 11) is 0. The van der Waals surface area contributed by atoms with Crippen LogP contribution in [0.1, 0.15) is 30.5 Å². The standard InChI is InChI=1S/C15H24N2OS.ClH/c1-10(2)17(9-14-6-5-11(3)19-14)15(18)12(4)13-7-16-8-13;/h5-6,10,12-13,16H,7-9H2,1-4H3;1H. The maximum Gasteiger partial charge on any atom is 0.226 e. The lowest BCUT2D eigenvalue weighted by molar-refractivity contribution is -0.139. The fourth-order valence-electron chi connectivity index (χ4n) is 2.38. The van der Waals surface area contributed by atoms with Crippen molar-refractivity contribution in [2.75, 3.05) is 13.1 Å². The van der Waals surface area contributed by atoms with Gasteiger partial charge in [-0.2, -0.15) is 0 Å². The Kier molecular flexibility index (Phi) is 6.49. The van der Waals surface area contributed by atoms with Crippen molar-refractivity contribution in [2.45, 2.75) is 40.3 Å². The van der Waals surface area contributed by atoms with Crippen molar-refractivity contribution in [3.05, 3.63) is 21.9 Å². The highest BCUT2D eigenvalue weighted by Gasteiger charge is 2.32. The van der Waals surface area contributed by atoms with Crippen molar-refractivity contribution in [3.63, 3.8) is 0 Å². The fraction of sp³-hybridized carbons (Fsp3) is 0.667. The van der Waals surface area contributed by atoms with Crippen molar-refractivity contribution in [2.24, 2.45) is 11.8 Å². The van der Waals surface area contributed by atoms with Gasteiger partial charge < -0.3 is 10.2 Å².